The molecule has 9 N–H and O–H groups in total. The van der Waals surface area contributed by atoms with Crippen LogP contribution >= 0.6 is 0 Å². The maximum absolute atomic E-state index is 7.88. The molecule has 2 aromatic rings. The average molecular weight is 752 g/mol. The lowest BCUT2D eigenvalue weighted by Crippen LogP contribution is -2.33. The van der Waals surface area contributed by atoms with Crippen molar-refractivity contribution in [3.8, 4) is 0 Å². The number of nitrogens with two attached hydrogens (primary N) is 4. The quantitative estimate of drug-likeness (QED) is 0.100. The predicted octanol–water partition coefficient (Wildman–Crippen LogP) is 10.2. The average Bonchev–Trinajstić information content (AvgIpc) is 3.18. The number of likely N-dealkylation sites (tertiary alicyclic amines) is 1. The molecule has 0 saturated carbocycles. The van der Waals surface area contributed by atoms with Gasteiger partial charge in [-0.3, -0.25) is 9.97 Å². The van der Waals surface area contributed by atoms with Gasteiger partial charge in [-0.2, -0.15) is 0 Å². The lowest BCUT2D eigenvalue weighted by molar-refractivity contribution is 0.235. The standard InChI is InChI=1S/C12H19N.C7H16N2.C7H9N.C7H16.C4H12N2.C3H9N.C3H8O.2CH4/c1-2-3-4-5-6-8-12-9-7-10-13-11-12;8-4-7-9-5-2-1-3-6-9;1-2-7-5-3-4-6-8-7;1-4-5-6-7(2)3;5-3-1-2-4-6;2*1-2-3-4;;/h7,9-11H,2-6,8H2,1H3;1-8H2;3-6H,2H2,1H3;7H,4-6H2,1-3H3;1-6H2;2-4H2,1H3;4H,2-3H2,1H3;2*1H4. The third kappa shape index (κ3) is 62.4. The van der Waals surface area contributed by atoms with Crippen LogP contribution in [0.3, 0.4) is 0 Å². The van der Waals surface area contributed by atoms with Crippen LogP contribution in [0.25, 0.3) is 0 Å². The van der Waals surface area contributed by atoms with Crippen LogP contribution in [-0.4, -0.2) is 72.4 Å². The number of nitrogens with zero attached hydrogens (tertiary/aromatic N) is 3. The number of piperidine rings is 1. The van der Waals surface area contributed by atoms with Gasteiger partial charge in [-0.1, -0.05) is 127 Å². The molecule has 53 heavy (non-hydrogen) atoms. The molecule has 8 nitrogen and oxygen atoms in total. The minimum atomic E-state index is 0. The van der Waals surface area contributed by atoms with E-state index in [1.807, 2.05) is 49.8 Å². The Morgan fingerprint density at radius 1 is 0.660 bits per heavy atom. The first-order valence-corrected chi connectivity index (χ1v) is 20.7. The second kappa shape index (κ2) is 59.3. The minimum Gasteiger partial charge on any atom is -0.396 e. The van der Waals surface area contributed by atoms with Gasteiger partial charge in [-0.15, -0.1) is 0 Å². The Labute approximate surface area is 333 Å². The largest absolute Gasteiger partial charge is 0.396 e. The van der Waals surface area contributed by atoms with Gasteiger partial charge >= 0.3 is 0 Å². The number of hydrogen-bond acceptors (Lipinski definition) is 8. The van der Waals surface area contributed by atoms with Crippen LogP contribution < -0.4 is 22.9 Å². The van der Waals surface area contributed by atoms with Gasteiger partial charge in [-0.25, -0.2) is 0 Å². The maximum atomic E-state index is 7.88. The molecule has 0 spiro atoms. The first kappa shape index (κ1) is 63.0. The lowest BCUT2D eigenvalue weighted by atomic mass is 10.1. The molecule has 1 aliphatic rings. The molecule has 0 aromatic carbocycles. The van der Waals surface area contributed by atoms with Gasteiger partial charge in [-0.05, 0) is 120 Å². The fourth-order valence-electron chi connectivity index (χ4n) is 4.35. The number of aryl methyl sites for hydroxylation is 2. The molecule has 0 radical (unpaired) electrons. The van der Waals surface area contributed by atoms with Crippen molar-refractivity contribution in [3.05, 3.63) is 60.2 Å². The Hall–Kier alpha value is -1.94. The van der Waals surface area contributed by atoms with Crippen molar-refractivity contribution in [2.45, 2.75) is 172 Å². The van der Waals surface area contributed by atoms with E-state index in [4.69, 9.17) is 28.0 Å². The van der Waals surface area contributed by atoms with E-state index in [0.29, 0.717) is 6.61 Å². The van der Waals surface area contributed by atoms with Gasteiger partial charge in [0, 0.05) is 44.0 Å². The van der Waals surface area contributed by atoms with Gasteiger partial charge in [0.1, 0.15) is 0 Å². The topological polar surface area (TPSA) is 153 Å². The molecule has 3 heterocycles. The summed E-state index contributed by atoms with van der Waals surface area (Å²) in [6, 6.07) is 10.1. The summed E-state index contributed by atoms with van der Waals surface area (Å²) in [6.07, 6.45) is 27.0. The molecule has 1 fully saturated rings. The highest BCUT2D eigenvalue weighted by Gasteiger charge is 2.07. The van der Waals surface area contributed by atoms with E-state index in [1.54, 1.807) is 0 Å². The number of hydrogen-bond donors (Lipinski definition) is 5. The number of pyridine rings is 2. The van der Waals surface area contributed by atoms with Crippen molar-refractivity contribution < 1.29 is 5.11 Å². The van der Waals surface area contributed by atoms with Crippen molar-refractivity contribution in [3.63, 3.8) is 0 Å². The van der Waals surface area contributed by atoms with E-state index in [9.17, 15) is 0 Å². The number of aromatic nitrogens is 2. The van der Waals surface area contributed by atoms with E-state index in [-0.39, 0.29) is 14.9 Å². The summed E-state index contributed by atoms with van der Waals surface area (Å²) < 4.78 is 0. The van der Waals surface area contributed by atoms with Crippen molar-refractivity contribution in [1.29, 1.82) is 0 Å². The van der Waals surface area contributed by atoms with E-state index in [1.165, 1.54) is 95.7 Å². The first-order valence-electron chi connectivity index (χ1n) is 20.7. The van der Waals surface area contributed by atoms with E-state index < -0.39 is 0 Å². The number of rotatable bonds is 17. The lowest BCUT2D eigenvalue weighted by Gasteiger charge is -2.25. The highest BCUT2D eigenvalue weighted by atomic mass is 16.2. The van der Waals surface area contributed by atoms with Gasteiger partial charge in [0.25, 0.3) is 0 Å². The Balaban J connectivity index is -0.000000125. The monoisotopic (exact) mass is 752 g/mol. The summed E-state index contributed by atoms with van der Waals surface area (Å²) in [5.41, 5.74) is 23.3. The van der Waals surface area contributed by atoms with E-state index >= 15 is 0 Å². The smallest absolute Gasteiger partial charge is 0.0428 e. The summed E-state index contributed by atoms with van der Waals surface area (Å²) in [6.45, 7) is 22.3. The molecule has 8 heteroatoms. The fourth-order valence-corrected chi connectivity index (χ4v) is 4.35. The molecule has 0 aliphatic carbocycles. The third-order valence-corrected chi connectivity index (χ3v) is 7.58. The molecular formula is C45H97N7O. The van der Waals surface area contributed by atoms with Crippen LogP contribution in [0.15, 0.2) is 48.9 Å². The Kier molecular flexibility index (Phi) is 70.6. The molecule has 2 aromatic heterocycles. The molecule has 1 saturated heterocycles. The number of aliphatic hydroxyl groups is 1. The fraction of sp³-hybridized carbons (Fsp3) is 0.778. The van der Waals surface area contributed by atoms with Crippen molar-refractivity contribution in [2.75, 3.05) is 52.4 Å². The zero-order chi connectivity index (χ0) is 39.1. The predicted molar refractivity (Wildman–Crippen MR) is 242 cm³/mol. The molecule has 0 unspecified atom stereocenters. The zero-order valence-corrected chi connectivity index (χ0v) is 35.0. The number of aliphatic hydroxyl groups excluding tert-OH is 1. The van der Waals surface area contributed by atoms with Crippen LogP contribution in [0.4, 0.5) is 0 Å². The summed E-state index contributed by atoms with van der Waals surface area (Å²) in [5.74, 6) is 0.903. The second-order valence-corrected chi connectivity index (χ2v) is 13.2. The Morgan fingerprint density at radius 3 is 1.60 bits per heavy atom. The van der Waals surface area contributed by atoms with Crippen LogP contribution in [0, 0.1) is 5.92 Å². The van der Waals surface area contributed by atoms with Crippen LogP contribution in [0.1, 0.15) is 171 Å². The minimum absolute atomic E-state index is 0. The van der Waals surface area contributed by atoms with Crippen molar-refractivity contribution >= 4 is 0 Å². The Morgan fingerprint density at radius 2 is 1.25 bits per heavy atom. The van der Waals surface area contributed by atoms with Crippen LogP contribution in [-0.2, 0) is 12.8 Å². The van der Waals surface area contributed by atoms with Crippen molar-refractivity contribution in [1.82, 2.24) is 14.9 Å². The molecule has 1 aliphatic heterocycles. The third-order valence-electron chi connectivity index (χ3n) is 7.58. The summed E-state index contributed by atoms with van der Waals surface area (Å²) >= 11 is 0. The number of unbranched alkanes of at least 4 members (excludes halogenated alkanes) is 6. The highest BCUT2D eigenvalue weighted by molar-refractivity contribution is 5.08. The molecule has 0 bridgehead atoms. The van der Waals surface area contributed by atoms with E-state index in [0.717, 1.165) is 76.4 Å². The van der Waals surface area contributed by atoms with Crippen LogP contribution in [0.2, 0.25) is 0 Å². The van der Waals surface area contributed by atoms with Crippen LogP contribution in [0.5, 0.6) is 0 Å². The summed E-state index contributed by atoms with van der Waals surface area (Å²) in [7, 11) is 0. The second-order valence-electron chi connectivity index (χ2n) is 13.2. The molecular weight excluding hydrogens is 655 g/mol. The molecule has 3 rings (SSSR count). The molecule has 0 amide bonds. The normalized spacial score (nSPS) is 11.2. The molecule has 318 valence electrons. The van der Waals surface area contributed by atoms with Gasteiger partial charge in [0.05, 0.1) is 0 Å². The van der Waals surface area contributed by atoms with E-state index in [2.05, 4.69) is 62.5 Å². The summed E-state index contributed by atoms with van der Waals surface area (Å²) in [4.78, 5) is 10.6. The summed E-state index contributed by atoms with van der Waals surface area (Å²) in [5, 5.41) is 7.88. The maximum Gasteiger partial charge on any atom is 0.0428 e. The zero-order valence-electron chi connectivity index (χ0n) is 35.0. The van der Waals surface area contributed by atoms with Gasteiger partial charge in [0.2, 0.25) is 0 Å². The molecule has 0 atom stereocenters. The van der Waals surface area contributed by atoms with Crippen molar-refractivity contribution in [2.24, 2.45) is 28.9 Å². The van der Waals surface area contributed by atoms with Gasteiger partial charge < -0.3 is 32.9 Å². The Bertz CT molecular complexity index is 792. The highest BCUT2D eigenvalue weighted by Crippen LogP contribution is 2.08. The first-order chi connectivity index (χ1) is 24.8. The van der Waals surface area contributed by atoms with Gasteiger partial charge in [0.15, 0.2) is 0 Å². The SMILES string of the molecule is C.C.CCCCC(C)C.CCCCCCCc1cccnc1.CCCN.CCCO.CCc1ccccn1.NCCCCN.NCCN1CCCCC1.